The zero-order valence-electron chi connectivity index (χ0n) is 16.0. The third-order valence-electron chi connectivity index (χ3n) is 3.44. The van der Waals surface area contributed by atoms with Crippen LogP contribution in [0.2, 0.25) is 0 Å². The first-order valence-electron chi connectivity index (χ1n) is 8.12. The molecule has 21 heteroatoms. The fraction of sp³-hybridized carbons (Fsp3) is 0.455. The number of aromatic nitrogens is 2. The molecule has 7 N–H and O–H groups in total. The molecule has 0 spiro atoms. The van der Waals surface area contributed by atoms with Crippen molar-refractivity contribution >= 4 is 23.5 Å². The van der Waals surface area contributed by atoms with Crippen LogP contribution >= 0.6 is 23.5 Å². The number of aromatic amines is 1. The topological polar surface area (TPSA) is 264 Å². The van der Waals surface area contributed by atoms with E-state index in [0.717, 1.165) is 0 Å². The number of phosphoric ester groups is 1. The number of aliphatic hydroxyl groups is 2. The highest BCUT2D eigenvalue weighted by atomic mass is 31.3. The summed E-state index contributed by atoms with van der Waals surface area (Å²) in [4.78, 5) is 60.5. The van der Waals surface area contributed by atoms with Crippen LogP contribution in [0.5, 0.6) is 0 Å². The van der Waals surface area contributed by atoms with E-state index >= 15 is 4.39 Å². The molecule has 1 aliphatic rings. The number of rotatable bonds is 8. The molecule has 1 aromatic rings. The highest BCUT2D eigenvalue weighted by molar-refractivity contribution is 7.66. The van der Waals surface area contributed by atoms with Crippen LogP contribution in [0.3, 0.4) is 0 Å². The molecule has 0 saturated carbocycles. The summed E-state index contributed by atoms with van der Waals surface area (Å²) in [7, 11) is -17.5. The second kappa shape index (κ2) is 9.01. The Morgan fingerprint density at radius 1 is 1.25 bits per heavy atom. The Hall–Kier alpha value is -1.54. The molecule has 180 valence electrons. The van der Waals surface area contributed by atoms with Crippen LogP contribution in [-0.2, 0) is 31.6 Å². The number of hydrogen-bond acceptors (Lipinski definition) is 11. The first-order valence-corrected chi connectivity index (χ1v) is 12.1. The van der Waals surface area contributed by atoms with E-state index in [1.807, 2.05) is 5.92 Å². The normalized spacial score (nSPS) is 32.5. The molecule has 2 rings (SSSR count). The van der Waals surface area contributed by atoms with Crippen LogP contribution in [0, 0.1) is 12.3 Å². The molecule has 6 atom stereocenters. The van der Waals surface area contributed by atoms with Crippen LogP contribution in [0.1, 0.15) is 13.1 Å². The lowest BCUT2D eigenvalue weighted by atomic mass is 10.1. The lowest BCUT2D eigenvalue weighted by Gasteiger charge is -2.24. The van der Waals surface area contributed by atoms with Gasteiger partial charge in [-0.15, -0.1) is 6.42 Å². The van der Waals surface area contributed by atoms with E-state index in [-0.39, 0.29) is 4.57 Å². The molecule has 0 radical (unpaired) electrons. The number of nitrogens with zero attached hydrogens (tertiary/aromatic N) is 1. The van der Waals surface area contributed by atoms with Crippen molar-refractivity contribution in [1.29, 1.82) is 0 Å². The average molecular weight is 527 g/mol. The van der Waals surface area contributed by atoms with Crippen LogP contribution in [0.15, 0.2) is 15.8 Å². The second-order valence-electron chi connectivity index (χ2n) is 5.80. The first-order chi connectivity index (χ1) is 14.8. The third-order valence-corrected chi connectivity index (χ3v) is 7.23. The van der Waals surface area contributed by atoms with E-state index < -0.39 is 71.2 Å². The summed E-state index contributed by atoms with van der Waals surface area (Å²) in [6, 6.07) is 0. The summed E-state index contributed by atoms with van der Waals surface area (Å²) in [5.41, 5.74) is -3.11. The Balaban J connectivity index is 2.30. The number of hydrogen-bond donors (Lipinski definition) is 7. The first kappa shape index (κ1) is 25.1. The largest absolute Gasteiger partial charge is 0.490 e. The molecule has 2 unspecified atom stereocenters. The zero-order valence-corrected chi connectivity index (χ0v) is 17.7. The van der Waals surface area contributed by atoms with Crippen LogP contribution < -0.4 is 11.2 Å². The molecule has 1 aliphatic heterocycles. The van der Waals surface area contributed by atoms with E-state index in [9.17, 15) is 38.4 Å². The molecule has 0 aromatic carbocycles. The maximum atomic E-state index is 15.1. The number of alkyl halides is 1. The molecular weight excluding hydrogens is 512 g/mol. The maximum Gasteiger partial charge on any atom is 0.490 e. The van der Waals surface area contributed by atoms with Gasteiger partial charge in [-0.2, -0.15) is 8.62 Å². The van der Waals surface area contributed by atoms with Gasteiger partial charge in [0.2, 0.25) is 0 Å². The lowest BCUT2D eigenvalue weighted by molar-refractivity contribution is -0.204. The molecule has 2 heterocycles. The van der Waals surface area contributed by atoms with E-state index in [4.69, 9.17) is 22.5 Å². The van der Waals surface area contributed by atoms with Crippen molar-refractivity contribution < 1.29 is 67.1 Å². The van der Waals surface area contributed by atoms with Crippen molar-refractivity contribution in [3.63, 3.8) is 0 Å². The number of phosphoric acid groups is 3. The number of nitrogens with one attached hydrogen (secondary N) is 1. The summed E-state index contributed by atoms with van der Waals surface area (Å²) < 4.78 is 72.2. The van der Waals surface area contributed by atoms with Gasteiger partial charge in [-0.3, -0.25) is 18.9 Å². The van der Waals surface area contributed by atoms with Crippen molar-refractivity contribution in [3.8, 4) is 12.3 Å². The molecule has 1 fully saturated rings. The SMILES string of the molecule is [2H][C@@]1(n2cc(C#C)c(=O)[nH]c2=O)O[C@](F)(COP(=O)(O)OP(=O)(O)OP(=O)(O)O)[C@@H](O)[C@H]1O. The quantitative estimate of drug-likeness (QED) is 0.139. The monoisotopic (exact) mass is 527 g/mol. The Bertz CT molecular complexity index is 1240. The van der Waals surface area contributed by atoms with E-state index in [1.54, 1.807) is 4.98 Å². The summed E-state index contributed by atoms with van der Waals surface area (Å²) in [6.07, 6.45) is -3.09. The Labute approximate surface area is 176 Å². The minimum absolute atomic E-state index is 0.0869. The molecule has 0 bridgehead atoms. The highest BCUT2D eigenvalue weighted by Crippen LogP contribution is 2.66. The van der Waals surface area contributed by atoms with Crippen molar-refractivity contribution in [2.75, 3.05) is 6.61 Å². The minimum atomic E-state index is -5.95. The van der Waals surface area contributed by atoms with Gasteiger partial charge in [0, 0.05) is 6.20 Å². The number of aliphatic hydroxyl groups excluding tert-OH is 2. The standard InChI is InChI=1S/C11H14FN2O15P3/c1-2-5-3-14(10(18)13-8(5)17)9-6(15)7(16)11(12,27-9)4-26-31(22,23)29-32(24,25)28-30(19,20)21/h1,3,6-7,9,15-16H,4H2,(H,22,23)(H,24,25)(H,13,17,18)(H2,19,20,21)/t6-,7+,9-,11-/m1/s1/i9D. The molecule has 17 nitrogen and oxygen atoms in total. The Kier molecular flexibility index (Phi) is 7.06. The van der Waals surface area contributed by atoms with Crippen molar-refractivity contribution in [3.05, 3.63) is 32.6 Å². The van der Waals surface area contributed by atoms with Crippen LogP contribution in [-0.4, -0.2) is 64.0 Å². The summed E-state index contributed by atoms with van der Waals surface area (Å²) in [5.74, 6) is -1.96. The van der Waals surface area contributed by atoms with Crippen molar-refractivity contribution in [2.24, 2.45) is 0 Å². The number of H-pyrrole nitrogens is 1. The van der Waals surface area contributed by atoms with Gasteiger partial charge in [-0.05, 0) is 0 Å². The maximum absolute atomic E-state index is 15.1. The van der Waals surface area contributed by atoms with Gasteiger partial charge in [-0.25, -0.2) is 22.9 Å². The van der Waals surface area contributed by atoms with Gasteiger partial charge >= 0.3 is 29.2 Å². The van der Waals surface area contributed by atoms with Gasteiger partial charge < -0.3 is 34.5 Å². The van der Waals surface area contributed by atoms with E-state index in [0.29, 0.717) is 6.20 Å². The summed E-state index contributed by atoms with van der Waals surface area (Å²) in [5, 5.41) is 20.0. The summed E-state index contributed by atoms with van der Waals surface area (Å²) in [6.45, 7) is -1.92. The fourth-order valence-electron chi connectivity index (χ4n) is 2.18. The lowest BCUT2D eigenvalue weighted by Crippen LogP contribution is -2.43. The second-order valence-corrected chi connectivity index (χ2v) is 10.2. The third kappa shape index (κ3) is 6.28. The average Bonchev–Trinajstić information content (AvgIpc) is 2.79. The number of ether oxygens (including phenoxy) is 1. The van der Waals surface area contributed by atoms with Gasteiger partial charge in [0.1, 0.15) is 24.4 Å². The molecule has 1 saturated heterocycles. The smallest absolute Gasteiger partial charge is 0.385 e. The number of halogens is 1. The van der Waals surface area contributed by atoms with Crippen LogP contribution in [0.4, 0.5) is 4.39 Å². The van der Waals surface area contributed by atoms with Crippen molar-refractivity contribution in [2.45, 2.75) is 24.3 Å². The Morgan fingerprint density at radius 2 is 1.84 bits per heavy atom. The highest BCUT2D eigenvalue weighted by Gasteiger charge is 2.57. The number of terminal acetylenes is 1. The van der Waals surface area contributed by atoms with E-state index in [1.165, 1.54) is 0 Å². The zero-order chi connectivity index (χ0) is 25.6. The minimum Gasteiger partial charge on any atom is -0.385 e. The Morgan fingerprint density at radius 3 is 2.38 bits per heavy atom. The predicted octanol–water partition coefficient (Wildman–Crippen LogP) is -2.22. The molecule has 1 aromatic heterocycles. The molecule has 0 aliphatic carbocycles. The summed E-state index contributed by atoms with van der Waals surface area (Å²) >= 11 is 0. The van der Waals surface area contributed by atoms with Gasteiger partial charge in [0.25, 0.3) is 11.4 Å². The van der Waals surface area contributed by atoms with Gasteiger partial charge in [0.05, 0.1) is 1.37 Å². The van der Waals surface area contributed by atoms with E-state index in [2.05, 4.69) is 17.9 Å². The molecule has 0 amide bonds. The van der Waals surface area contributed by atoms with Gasteiger partial charge in [0.15, 0.2) is 6.20 Å². The molecular formula is C11H14FN2O15P3. The van der Waals surface area contributed by atoms with Crippen molar-refractivity contribution in [1.82, 2.24) is 9.55 Å². The van der Waals surface area contributed by atoms with Crippen LogP contribution in [0.25, 0.3) is 0 Å². The van der Waals surface area contributed by atoms with Gasteiger partial charge in [-0.1, -0.05) is 5.92 Å². The fourth-order valence-corrected chi connectivity index (χ4v) is 5.22. The molecule has 32 heavy (non-hydrogen) atoms. The predicted molar refractivity (Wildman–Crippen MR) is 95.0 cm³/mol.